The summed E-state index contributed by atoms with van der Waals surface area (Å²) in [6, 6.07) is 15.7. The van der Waals surface area contributed by atoms with E-state index in [0.29, 0.717) is 34.3 Å². The van der Waals surface area contributed by atoms with E-state index in [1.165, 1.54) is 11.8 Å². The minimum Gasteiger partial charge on any atom is -0.454 e. The smallest absolute Gasteiger partial charge is 0.237 e. The Morgan fingerprint density at radius 2 is 1.87 bits per heavy atom. The molecule has 6 rings (SSSR count). The molecule has 1 aliphatic carbocycles. The molecule has 0 radical (unpaired) electrons. The van der Waals surface area contributed by atoms with Gasteiger partial charge in [0.1, 0.15) is 5.82 Å². The summed E-state index contributed by atoms with van der Waals surface area (Å²) >= 11 is 1.49. The summed E-state index contributed by atoms with van der Waals surface area (Å²) in [7, 11) is 0. The molecule has 0 amide bonds. The number of fused-ring (bicyclic) bond motifs is 1. The van der Waals surface area contributed by atoms with Crippen LogP contribution in [0, 0.1) is 0 Å². The first-order valence-electron chi connectivity index (χ1n) is 9.71. The lowest BCUT2D eigenvalue weighted by molar-refractivity contribution is 0.174. The van der Waals surface area contributed by atoms with Crippen molar-refractivity contribution >= 4 is 11.8 Å². The first-order valence-corrected chi connectivity index (χ1v) is 10.7. The Kier molecular flexibility index (Phi) is 4.19. The molecule has 2 aromatic carbocycles. The molecular weight excluding hydrogens is 402 g/mol. The molecule has 4 aromatic rings. The van der Waals surface area contributed by atoms with Crippen molar-refractivity contribution in [2.45, 2.75) is 29.7 Å². The van der Waals surface area contributed by atoms with Gasteiger partial charge in [-0.2, -0.15) is 4.98 Å². The van der Waals surface area contributed by atoms with Crippen LogP contribution in [0.5, 0.6) is 11.5 Å². The molecule has 2 aromatic heterocycles. The summed E-state index contributed by atoms with van der Waals surface area (Å²) in [5.74, 6) is 4.48. The van der Waals surface area contributed by atoms with Crippen molar-refractivity contribution in [1.82, 2.24) is 24.9 Å². The highest BCUT2D eigenvalue weighted by atomic mass is 32.2. The van der Waals surface area contributed by atoms with Gasteiger partial charge in [0, 0.05) is 11.5 Å². The minimum atomic E-state index is 0.235. The molecule has 0 N–H and O–H groups in total. The highest BCUT2D eigenvalue weighted by Crippen LogP contribution is 2.40. The molecule has 0 bridgehead atoms. The van der Waals surface area contributed by atoms with Gasteiger partial charge in [-0.25, -0.2) is 9.67 Å². The lowest BCUT2D eigenvalue weighted by atomic mass is 10.2. The van der Waals surface area contributed by atoms with Gasteiger partial charge in [-0.05, 0) is 43.2 Å². The fraction of sp³-hybridized carbons (Fsp3) is 0.238. The Labute approximate surface area is 176 Å². The van der Waals surface area contributed by atoms with Gasteiger partial charge in [-0.3, -0.25) is 0 Å². The quantitative estimate of drug-likeness (QED) is 0.429. The summed E-state index contributed by atoms with van der Waals surface area (Å²) in [6.45, 7) is 0.235. The van der Waals surface area contributed by atoms with Crippen LogP contribution in [0.4, 0.5) is 0 Å². The highest BCUT2D eigenvalue weighted by Gasteiger charge is 2.30. The number of nitrogens with zero attached hydrogens (tertiary/aromatic N) is 5. The third-order valence-electron chi connectivity index (χ3n) is 4.98. The van der Waals surface area contributed by atoms with Crippen LogP contribution >= 0.6 is 11.8 Å². The third-order valence-corrected chi connectivity index (χ3v) is 5.80. The average Bonchev–Trinajstić information content (AvgIpc) is 3.19. The Morgan fingerprint density at radius 1 is 1.00 bits per heavy atom. The SMILES string of the molecule is c1ccc(-n2nc(SCc3nc(-c4ccc5c(c4)OCO5)no3)nc2C2CC2)cc1. The van der Waals surface area contributed by atoms with Crippen LogP contribution in [0.2, 0.25) is 0 Å². The van der Waals surface area contributed by atoms with Crippen LogP contribution in [0.1, 0.15) is 30.5 Å². The normalized spacial score (nSPS) is 14.9. The second kappa shape index (κ2) is 7.17. The number of hydrogen-bond acceptors (Lipinski definition) is 8. The van der Waals surface area contributed by atoms with E-state index < -0.39 is 0 Å². The maximum absolute atomic E-state index is 5.43. The number of hydrogen-bond donors (Lipinski definition) is 0. The Morgan fingerprint density at radius 3 is 2.73 bits per heavy atom. The topological polar surface area (TPSA) is 88.1 Å². The summed E-state index contributed by atoms with van der Waals surface area (Å²) in [5.41, 5.74) is 1.85. The number of rotatable bonds is 6. The van der Waals surface area contributed by atoms with Gasteiger partial charge in [0.25, 0.3) is 0 Å². The molecule has 1 aliphatic heterocycles. The molecular formula is C21H17N5O3S. The van der Waals surface area contributed by atoms with E-state index in [4.69, 9.17) is 24.1 Å². The molecule has 0 saturated heterocycles. The van der Waals surface area contributed by atoms with Gasteiger partial charge in [0.05, 0.1) is 11.4 Å². The van der Waals surface area contributed by atoms with Crippen molar-refractivity contribution < 1.29 is 14.0 Å². The van der Waals surface area contributed by atoms with Crippen molar-refractivity contribution in [3.05, 3.63) is 60.2 Å². The second-order valence-electron chi connectivity index (χ2n) is 7.14. The lowest BCUT2D eigenvalue weighted by Crippen LogP contribution is -2.01. The van der Waals surface area contributed by atoms with E-state index in [1.54, 1.807) is 0 Å². The zero-order valence-electron chi connectivity index (χ0n) is 15.9. The first-order chi connectivity index (χ1) is 14.8. The number of aromatic nitrogens is 5. The maximum Gasteiger partial charge on any atom is 0.237 e. The van der Waals surface area contributed by atoms with E-state index >= 15 is 0 Å². The van der Waals surface area contributed by atoms with Crippen LogP contribution in [0.25, 0.3) is 17.1 Å². The molecule has 0 spiro atoms. The van der Waals surface area contributed by atoms with E-state index in [9.17, 15) is 0 Å². The van der Waals surface area contributed by atoms with Gasteiger partial charge >= 0.3 is 0 Å². The van der Waals surface area contributed by atoms with Gasteiger partial charge < -0.3 is 14.0 Å². The van der Waals surface area contributed by atoms with Crippen molar-refractivity contribution in [1.29, 1.82) is 0 Å². The zero-order valence-corrected chi connectivity index (χ0v) is 16.7. The Bertz CT molecular complexity index is 1200. The van der Waals surface area contributed by atoms with Crippen molar-refractivity contribution in [2.24, 2.45) is 0 Å². The van der Waals surface area contributed by atoms with Gasteiger partial charge in [0.15, 0.2) is 11.5 Å². The monoisotopic (exact) mass is 419 g/mol. The lowest BCUT2D eigenvalue weighted by Gasteiger charge is -2.03. The largest absolute Gasteiger partial charge is 0.454 e. The molecule has 1 fully saturated rings. The maximum atomic E-state index is 5.43. The van der Waals surface area contributed by atoms with Crippen LogP contribution in [0.3, 0.4) is 0 Å². The highest BCUT2D eigenvalue weighted by molar-refractivity contribution is 7.98. The molecule has 3 heterocycles. The van der Waals surface area contributed by atoms with Crippen LogP contribution in [-0.2, 0) is 5.75 Å². The first kappa shape index (κ1) is 17.5. The Hall–Kier alpha value is -3.33. The number of benzene rings is 2. The zero-order chi connectivity index (χ0) is 19.9. The minimum absolute atomic E-state index is 0.235. The Balaban J connectivity index is 1.19. The van der Waals surface area contributed by atoms with Gasteiger partial charge in [-0.15, -0.1) is 5.10 Å². The fourth-order valence-electron chi connectivity index (χ4n) is 3.32. The van der Waals surface area contributed by atoms with Crippen LogP contribution in [0.15, 0.2) is 58.2 Å². The van der Waals surface area contributed by atoms with E-state index in [1.807, 2.05) is 53.2 Å². The van der Waals surface area contributed by atoms with Crippen molar-refractivity contribution in [3.63, 3.8) is 0 Å². The van der Waals surface area contributed by atoms with Crippen LogP contribution in [-0.4, -0.2) is 31.7 Å². The van der Waals surface area contributed by atoms with E-state index in [2.05, 4.69) is 10.1 Å². The van der Waals surface area contributed by atoms with Crippen molar-refractivity contribution in [2.75, 3.05) is 6.79 Å². The summed E-state index contributed by atoms with van der Waals surface area (Å²) in [5, 5.41) is 9.51. The van der Waals surface area contributed by atoms with Crippen molar-refractivity contribution in [3.8, 4) is 28.6 Å². The predicted molar refractivity (Wildman–Crippen MR) is 109 cm³/mol. The average molecular weight is 419 g/mol. The summed E-state index contributed by atoms with van der Waals surface area (Å²) in [4.78, 5) is 9.26. The van der Waals surface area contributed by atoms with Gasteiger partial charge in [0.2, 0.25) is 23.7 Å². The molecule has 150 valence electrons. The third kappa shape index (κ3) is 3.30. The molecule has 8 nitrogen and oxygen atoms in total. The fourth-order valence-corrected chi connectivity index (χ4v) is 3.99. The van der Waals surface area contributed by atoms with Gasteiger partial charge in [-0.1, -0.05) is 35.1 Å². The number of para-hydroxylation sites is 1. The molecule has 9 heteroatoms. The standard InChI is InChI=1S/C21H17N5O3S/c1-2-4-15(5-3-1)26-20(13-6-7-13)23-21(24-26)30-11-18-22-19(25-29-18)14-8-9-16-17(10-14)28-12-27-16/h1-5,8-10,13H,6-7,11-12H2. The predicted octanol–water partition coefficient (Wildman–Crippen LogP) is 4.22. The molecule has 30 heavy (non-hydrogen) atoms. The van der Waals surface area contributed by atoms with Crippen LogP contribution < -0.4 is 9.47 Å². The summed E-state index contributed by atoms with van der Waals surface area (Å²) in [6.07, 6.45) is 2.33. The molecule has 0 atom stereocenters. The molecule has 1 saturated carbocycles. The molecule has 0 unspecified atom stereocenters. The van der Waals surface area contributed by atoms with E-state index in [-0.39, 0.29) is 6.79 Å². The molecule has 2 aliphatic rings. The van der Waals surface area contributed by atoms with E-state index in [0.717, 1.165) is 35.7 Å². The second-order valence-corrected chi connectivity index (χ2v) is 8.09. The number of ether oxygens (including phenoxy) is 2. The summed E-state index contributed by atoms with van der Waals surface area (Å²) < 4.78 is 18.1. The number of thioether (sulfide) groups is 1.